The maximum Gasteiger partial charge on any atom is 0.516 e. The lowest BCUT2D eigenvalue weighted by Crippen LogP contribution is -2.46. The van der Waals surface area contributed by atoms with Gasteiger partial charge in [-0.2, -0.15) is 0 Å². The number of hydrogen-bond acceptors (Lipinski definition) is 6. The molecule has 1 aromatic heterocycles. The Hall–Kier alpha value is -1.18. The highest BCUT2D eigenvalue weighted by molar-refractivity contribution is 6.61. The van der Waals surface area contributed by atoms with Crippen LogP contribution >= 0.6 is 0 Å². The molecule has 0 radical (unpaired) electrons. The van der Waals surface area contributed by atoms with Gasteiger partial charge in [-0.15, -0.1) is 0 Å². The minimum Gasteiger partial charge on any atom is -0.398 e. The summed E-state index contributed by atoms with van der Waals surface area (Å²) in [5, 5.41) is 0. The molecule has 0 aliphatic carbocycles. The van der Waals surface area contributed by atoms with E-state index >= 15 is 0 Å². The normalized spacial score (nSPS) is 43.2. The maximum atomic E-state index is 8.38. The van der Waals surface area contributed by atoms with Crippen molar-refractivity contribution < 1.29 is 27.1 Å². The summed E-state index contributed by atoms with van der Waals surface area (Å²) >= 11 is 0. The molecule has 2 fully saturated rings. The summed E-state index contributed by atoms with van der Waals surface area (Å²) in [7, 11) is -1.34. The quantitative estimate of drug-likeness (QED) is 0.742. The lowest BCUT2D eigenvalue weighted by atomic mass is 9.85. The molecule has 0 saturated carbocycles. The van der Waals surface area contributed by atoms with Crippen LogP contribution < -0.4 is 10.5 Å². The predicted octanol–water partition coefficient (Wildman–Crippen LogP) is 0.528. The highest BCUT2D eigenvalue weighted by Gasteiger charge is 2.52. The molecule has 7 heteroatoms. The Labute approximate surface area is 151 Å². The molecule has 22 heavy (non-hydrogen) atoms. The van der Waals surface area contributed by atoms with Crippen LogP contribution in [0.1, 0.15) is 45.5 Å². The fourth-order valence-corrected chi connectivity index (χ4v) is 1.82. The smallest absolute Gasteiger partial charge is 0.398 e. The molecule has 2 aliphatic rings. The number of likely N-dealkylation sites (N-methyl/N-ethyl adjacent to an activating group) is 1. The van der Waals surface area contributed by atoms with Gasteiger partial charge in [0.25, 0.3) is 0 Å². The molecule has 3 rings (SSSR count). The Kier molecular flexibility index (Phi) is 1.59. The van der Waals surface area contributed by atoms with Crippen molar-refractivity contribution in [3.05, 3.63) is 12.3 Å². The molecule has 6 nitrogen and oxygen atoms in total. The van der Waals surface area contributed by atoms with E-state index in [0.29, 0.717) is 0 Å². The van der Waals surface area contributed by atoms with Crippen LogP contribution in [0, 0.1) is 0 Å². The van der Waals surface area contributed by atoms with E-state index in [0.717, 1.165) is 0 Å². The Bertz CT molecular complexity index is 989. The van der Waals surface area contributed by atoms with E-state index in [1.165, 1.54) is 0 Å². The van der Waals surface area contributed by atoms with Crippen LogP contribution in [0.2, 0.25) is 0 Å². The molecule has 0 N–H and O–H groups in total. The second kappa shape index (κ2) is 5.47. The summed E-state index contributed by atoms with van der Waals surface area (Å²) in [5.41, 5.74) is -2.16. The van der Waals surface area contributed by atoms with Gasteiger partial charge in [0.1, 0.15) is 5.82 Å². The topological polar surface area (TPSA) is 50.7 Å². The number of rotatable bonds is 2. The molecule has 0 amide bonds. The largest absolute Gasteiger partial charge is 0.516 e. The van der Waals surface area contributed by atoms with Crippen LogP contribution in [-0.4, -0.2) is 66.2 Å². The average Bonchev–Trinajstić information content (AvgIpc) is 2.80. The van der Waals surface area contributed by atoms with Gasteiger partial charge >= 0.3 is 7.12 Å². The molecule has 2 saturated heterocycles. The molecule has 0 atom stereocenters. The summed E-state index contributed by atoms with van der Waals surface area (Å²) in [5.74, 6) is -0.960. The second-order valence-corrected chi connectivity index (χ2v) is 5.86. The fourth-order valence-electron chi connectivity index (χ4n) is 1.82. The Morgan fingerprint density at radius 1 is 1.18 bits per heavy atom. The Morgan fingerprint density at radius 2 is 1.82 bits per heavy atom. The standard InChI is InChI=1S/C15H25BN4O2/c1-14(2)15(3,4)22-16(21-14)12-10-17-11-13(18-12)20-8-6-19(5)7-9-20/h10-11H,6-9H2,1-5H3/i5D3,6D2,7D2,8D2,9D2,10D,11D. The zero-order valence-electron chi connectivity index (χ0n) is 25.7. The fraction of sp³-hybridized carbons (Fsp3) is 0.733. The lowest BCUT2D eigenvalue weighted by molar-refractivity contribution is 0.00578. The van der Waals surface area contributed by atoms with Gasteiger partial charge in [-0.3, -0.25) is 4.98 Å². The lowest BCUT2D eigenvalue weighted by Gasteiger charge is -2.33. The maximum absolute atomic E-state index is 8.38. The van der Waals surface area contributed by atoms with Crippen LogP contribution in [0.15, 0.2) is 12.3 Å². The van der Waals surface area contributed by atoms with Gasteiger partial charge in [0.15, 0.2) is 0 Å². The van der Waals surface area contributed by atoms with Crippen molar-refractivity contribution in [1.29, 1.82) is 0 Å². The third-order valence-electron chi connectivity index (χ3n) is 3.79. The number of nitrogens with zero attached hydrogens (tertiary/aromatic N) is 4. The van der Waals surface area contributed by atoms with Crippen molar-refractivity contribution in [3.63, 3.8) is 0 Å². The van der Waals surface area contributed by atoms with E-state index in [1.54, 1.807) is 27.7 Å². The molecule has 0 bridgehead atoms. The van der Waals surface area contributed by atoms with E-state index in [2.05, 4.69) is 9.97 Å². The summed E-state index contributed by atoms with van der Waals surface area (Å²) < 4.78 is 117. The number of aromatic nitrogens is 2. The molecule has 0 aromatic carbocycles. The molecule has 120 valence electrons. The van der Waals surface area contributed by atoms with Crippen molar-refractivity contribution >= 4 is 18.5 Å². The highest BCUT2D eigenvalue weighted by atomic mass is 16.7. The van der Waals surface area contributed by atoms with Crippen molar-refractivity contribution in [2.24, 2.45) is 0 Å². The first-order valence-corrected chi connectivity index (χ1v) is 6.65. The molecular weight excluding hydrogens is 279 g/mol. The first-order chi connectivity index (χ1) is 15.3. The SMILES string of the molecule is [2H]c1nc([2H])c(N2C([2H])([2H])C([2H])([2H])N(C([2H])([2H])[2H])C([2H])([2H])C2([2H])[2H])nc1B1OC(C)(C)C(C)(C)O1. The third kappa shape index (κ3) is 2.85. The summed E-state index contributed by atoms with van der Waals surface area (Å²) in [6, 6.07) is 0. The van der Waals surface area contributed by atoms with E-state index in [1.807, 2.05) is 0 Å². The van der Waals surface area contributed by atoms with E-state index < -0.39 is 74.3 Å². The van der Waals surface area contributed by atoms with Crippen LogP contribution in [-0.2, 0) is 9.31 Å². The average molecular weight is 317 g/mol. The van der Waals surface area contributed by atoms with Crippen LogP contribution in [0.3, 0.4) is 0 Å². The number of hydrogen-bond donors (Lipinski definition) is 0. The van der Waals surface area contributed by atoms with Gasteiger partial charge in [-0.05, 0) is 34.7 Å². The Balaban J connectivity index is 2.26. The van der Waals surface area contributed by atoms with Gasteiger partial charge in [0.2, 0.25) is 0 Å². The third-order valence-corrected chi connectivity index (χ3v) is 3.79. The van der Waals surface area contributed by atoms with E-state index in [4.69, 9.17) is 27.1 Å². The first-order valence-electron chi connectivity index (χ1n) is 13.2. The monoisotopic (exact) mass is 317 g/mol. The summed E-state index contributed by atoms with van der Waals surface area (Å²) in [6.45, 7) is -11.2. The van der Waals surface area contributed by atoms with Crippen molar-refractivity contribution in [1.82, 2.24) is 14.9 Å². The van der Waals surface area contributed by atoms with Crippen molar-refractivity contribution in [2.75, 3.05) is 37.9 Å². The zero-order chi connectivity index (χ0) is 27.4. The summed E-state index contributed by atoms with van der Waals surface area (Å²) in [6.07, 6.45) is -1.57. The second-order valence-electron chi connectivity index (χ2n) is 5.86. The van der Waals surface area contributed by atoms with Gasteiger partial charge in [-0.1, -0.05) is 0 Å². The molecule has 1 aromatic rings. The minimum atomic E-state index is -3.65. The molecular formula is C15H25BN4O2. The van der Waals surface area contributed by atoms with Crippen LogP contribution in [0.5, 0.6) is 0 Å². The van der Waals surface area contributed by atoms with Crippen molar-refractivity contribution in [3.8, 4) is 0 Å². The Morgan fingerprint density at radius 3 is 2.41 bits per heavy atom. The van der Waals surface area contributed by atoms with E-state index in [9.17, 15) is 0 Å². The number of piperazine rings is 1. The zero-order valence-corrected chi connectivity index (χ0v) is 12.7. The highest BCUT2D eigenvalue weighted by Crippen LogP contribution is 2.36. The van der Waals surface area contributed by atoms with E-state index in [-0.39, 0.29) is 10.5 Å². The van der Waals surface area contributed by atoms with Gasteiger partial charge in [0, 0.05) is 41.8 Å². The molecule has 2 aliphatic heterocycles. The van der Waals surface area contributed by atoms with Crippen molar-refractivity contribution in [2.45, 2.75) is 38.9 Å². The van der Waals surface area contributed by atoms with Crippen LogP contribution in [0.25, 0.3) is 0 Å². The predicted molar refractivity (Wildman–Crippen MR) is 87.5 cm³/mol. The first kappa shape index (κ1) is 6.38. The van der Waals surface area contributed by atoms with Gasteiger partial charge < -0.3 is 19.1 Å². The van der Waals surface area contributed by atoms with Crippen LogP contribution in [0.4, 0.5) is 5.82 Å². The molecule has 0 spiro atoms. The van der Waals surface area contributed by atoms with Gasteiger partial charge in [0.05, 0.1) is 31.2 Å². The summed E-state index contributed by atoms with van der Waals surface area (Å²) in [4.78, 5) is 7.08. The molecule has 3 heterocycles. The molecule has 0 unspecified atom stereocenters. The number of anilines is 1. The minimum absolute atomic E-state index is 0.0776. The van der Waals surface area contributed by atoms with Gasteiger partial charge in [-0.25, -0.2) is 4.98 Å².